The Kier molecular flexibility index (Phi) is 9.52. The summed E-state index contributed by atoms with van der Waals surface area (Å²) in [5.41, 5.74) is -0.659. The maximum Gasteiger partial charge on any atom is 0.408 e. The summed E-state index contributed by atoms with van der Waals surface area (Å²) in [4.78, 5) is 36.6. The minimum absolute atomic E-state index is 0.0855. The maximum atomic E-state index is 12.6. The number of carbonyl (C=O) groups is 3. The Morgan fingerprint density at radius 3 is 2.00 bits per heavy atom. The van der Waals surface area contributed by atoms with Crippen LogP contribution in [0.4, 0.5) is 4.79 Å². The van der Waals surface area contributed by atoms with E-state index in [0.717, 1.165) is 0 Å². The zero-order valence-electron chi connectivity index (χ0n) is 16.8. The van der Waals surface area contributed by atoms with E-state index < -0.39 is 35.7 Å². The second kappa shape index (κ2) is 10.3. The van der Waals surface area contributed by atoms with Gasteiger partial charge in [0, 0.05) is 0 Å². The molecule has 3 atom stereocenters. The normalized spacial score (nSPS) is 15.1. The third-order valence-corrected chi connectivity index (χ3v) is 3.68. The average molecular weight is 358 g/mol. The molecule has 146 valence electrons. The summed E-state index contributed by atoms with van der Waals surface area (Å²) in [5.74, 6) is -0.831. The number of amides is 2. The van der Waals surface area contributed by atoms with E-state index >= 15 is 0 Å². The molecule has 7 heteroatoms. The molecule has 0 aromatic heterocycles. The third-order valence-electron chi connectivity index (χ3n) is 3.68. The largest absolute Gasteiger partial charge is 0.467 e. The zero-order valence-corrected chi connectivity index (χ0v) is 16.8. The highest BCUT2D eigenvalue weighted by atomic mass is 16.6. The summed E-state index contributed by atoms with van der Waals surface area (Å²) in [7, 11) is 1.29. The molecule has 0 aromatic carbocycles. The molecule has 0 aliphatic heterocycles. The van der Waals surface area contributed by atoms with Gasteiger partial charge >= 0.3 is 12.1 Å². The number of carbonyl (C=O) groups excluding carboxylic acids is 3. The van der Waals surface area contributed by atoms with Crippen LogP contribution in [-0.4, -0.2) is 42.8 Å². The van der Waals surface area contributed by atoms with Crippen molar-refractivity contribution >= 4 is 18.0 Å². The number of hydrogen-bond acceptors (Lipinski definition) is 5. The summed E-state index contributed by atoms with van der Waals surface area (Å²) in [6.07, 6.45) is 0.472. The second-order valence-corrected chi connectivity index (χ2v) is 7.72. The lowest BCUT2D eigenvalue weighted by molar-refractivity contribution is -0.146. The molecule has 25 heavy (non-hydrogen) atoms. The molecular weight excluding hydrogens is 324 g/mol. The molecule has 0 unspecified atom stereocenters. The van der Waals surface area contributed by atoms with Gasteiger partial charge in [-0.3, -0.25) is 4.79 Å². The molecule has 0 spiro atoms. The van der Waals surface area contributed by atoms with Crippen LogP contribution in [-0.2, 0) is 19.1 Å². The Morgan fingerprint density at radius 1 is 1.04 bits per heavy atom. The van der Waals surface area contributed by atoms with Gasteiger partial charge in [-0.15, -0.1) is 0 Å². The van der Waals surface area contributed by atoms with Crippen molar-refractivity contribution in [3.8, 4) is 0 Å². The molecule has 0 aromatic rings. The Hall–Kier alpha value is -1.79. The first-order valence-electron chi connectivity index (χ1n) is 8.78. The molecule has 0 saturated heterocycles. The standard InChI is InChI=1S/C18H34N2O5/c1-9-12(4)14(16(22)24-8)20-15(21)13(10-11(2)3)19-17(23)25-18(5,6)7/h11-14H,9-10H2,1-8H3,(H,19,23)(H,20,21)/t12-,13-,14+/m0/s1. The van der Waals surface area contributed by atoms with Gasteiger partial charge in [0.1, 0.15) is 17.7 Å². The minimum atomic E-state index is -0.786. The quantitative estimate of drug-likeness (QED) is 0.651. The highest BCUT2D eigenvalue weighted by Gasteiger charge is 2.31. The molecule has 2 N–H and O–H groups in total. The lowest BCUT2D eigenvalue weighted by Gasteiger charge is -2.27. The molecule has 0 fully saturated rings. The van der Waals surface area contributed by atoms with Crippen molar-refractivity contribution in [2.24, 2.45) is 11.8 Å². The van der Waals surface area contributed by atoms with Crippen molar-refractivity contribution in [2.75, 3.05) is 7.11 Å². The molecule has 0 rings (SSSR count). The Labute approximate surface area is 151 Å². The van der Waals surface area contributed by atoms with Crippen LogP contribution in [0.5, 0.6) is 0 Å². The lowest BCUT2D eigenvalue weighted by Crippen LogP contribution is -2.54. The number of ether oxygens (including phenoxy) is 2. The van der Waals surface area contributed by atoms with Gasteiger partial charge in [-0.1, -0.05) is 34.1 Å². The fraction of sp³-hybridized carbons (Fsp3) is 0.833. The van der Waals surface area contributed by atoms with Gasteiger partial charge in [0.25, 0.3) is 0 Å². The number of rotatable bonds is 8. The predicted molar refractivity (Wildman–Crippen MR) is 96.0 cm³/mol. The van der Waals surface area contributed by atoms with Crippen LogP contribution in [0.15, 0.2) is 0 Å². The lowest BCUT2D eigenvalue weighted by atomic mass is 9.97. The van der Waals surface area contributed by atoms with E-state index in [-0.39, 0.29) is 11.8 Å². The first-order chi connectivity index (χ1) is 11.4. The smallest absolute Gasteiger partial charge is 0.408 e. The Balaban J connectivity index is 5.14. The van der Waals surface area contributed by atoms with Crippen molar-refractivity contribution in [1.82, 2.24) is 10.6 Å². The topological polar surface area (TPSA) is 93.7 Å². The van der Waals surface area contributed by atoms with E-state index in [1.165, 1.54) is 7.11 Å². The van der Waals surface area contributed by atoms with Crippen LogP contribution in [0.2, 0.25) is 0 Å². The average Bonchev–Trinajstić information content (AvgIpc) is 2.47. The monoisotopic (exact) mass is 358 g/mol. The van der Waals surface area contributed by atoms with Crippen molar-refractivity contribution < 1.29 is 23.9 Å². The van der Waals surface area contributed by atoms with E-state index in [1.807, 2.05) is 27.7 Å². The highest BCUT2D eigenvalue weighted by Crippen LogP contribution is 2.12. The molecule has 0 radical (unpaired) electrons. The summed E-state index contributed by atoms with van der Waals surface area (Å²) >= 11 is 0. The van der Waals surface area contributed by atoms with Crippen LogP contribution in [0, 0.1) is 11.8 Å². The summed E-state index contributed by atoms with van der Waals surface area (Å²) < 4.78 is 10.00. The summed E-state index contributed by atoms with van der Waals surface area (Å²) in [6, 6.07) is -1.54. The van der Waals surface area contributed by atoms with Gasteiger partial charge < -0.3 is 20.1 Å². The molecule has 0 heterocycles. The fourth-order valence-electron chi connectivity index (χ4n) is 2.20. The molecular formula is C18H34N2O5. The number of methoxy groups -OCH3 is 1. The number of nitrogens with one attached hydrogen (secondary N) is 2. The van der Waals surface area contributed by atoms with E-state index in [9.17, 15) is 14.4 Å². The predicted octanol–water partition coefficient (Wildman–Crippen LogP) is 2.63. The van der Waals surface area contributed by atoms with Crippen LogP contribution < -0.4 is 10.6 Å². The van der Waals surface area contributed by atoms with Gasteiger partial charge in [0.05, 0.1) is 7.11 Å². The van der Waals surface area contributed by atoms with Gasteiger partial charge in [0.2, 0.25) is 5.91 Å². The molecule has 0 aliphatic rings. The van der Waals surface area contributed by atoms with Gasteiger partial charge in [0.15, 0.2) is 0 Å². The summed E-state index contributed by atoms with van der Waals surface area (Å²) in [6.45, 7) is 12.9. The number of hydrogen-bond donors (Lipinski definition) is 2. The molecule has 7 nitrogen and oxygen atoms in total. The third kappa shape index (κ3) is 9.31. The SMILES string of the molecule is CC[C@H](C)[C@@H](NC(=O)[C@H](CC(C)C)NC(=O)OC(C)(C)C)C(=O)OC. The maximum absolute atomic E-state index is 12.6. The van der Waals surface area contributed by atoms with Crippen molar-refractivity contribution in [3.05, 3.63) is 0 Å². The first kappa shape index (κ1) is 23.2. The Bertz CT molecular complexity index is 457. The van der Waals surface area contributed by atoms with Crippen molar-refractivity contribution in [1.29, 1.82) is 0 Å². The van der Waals surface area contributed by atoms with E-state index in [2.05, 4.69) is 10.6 Å². The van der Waals surface area contributed by atoms with E-state index in [4.69, 9.17) is 9.47 Å². The molecule has 2 amide bonds. The van der Waals surface area contributed by atoms with Gasteiger partial charge in [-0.05, 0) is 39.0 Å². The Morgan fingerprint density at radius 2 is 1.60 bits per heavy atom. The number of esters is 1. The van der Waals surface area contributed by atoms with Crippen LogP contribution in [0.1, 0.15) is 61.3 Å². The second-order valence-electron chi connectivity index (χ2n) is 7.72. The van der Waals surface area contributed by atoms with Crippen LogP contribution in [0.25, 0.3) is 0 Å². The van der Waals surface area contributed by atoms with Gasteiger partial charge in [-0.25, -0.2) is 9.59 Å². The zero-order chi connectivity index (χ0) is 19.8. The highest BCUT2D eigenvalue weighted by molar-refractivity contribution is 5.89. The van der Waals surface area contributed by atoms with Gasteiger partial charge in [-0.2, -0.15) is 0 Å². The van der Waals surface area contributed by atoms with E-state index in [0.29, 0.717) is 12.8 Å². The van der Waals surface area contributed by atoms with Crippen LogP contribution >= 0.6 is 0 Å². The van der Waals surface area contributed by atoms with Crippen LogP contribution in [0.3, 0.4) is 0 Å². The van der Waals surface area contributed by atoms with Crippen molar-refractivity contribution in [2.45, 2.75) is 79.0 Å². The fourth-order valence-corrected chi connectivity index (χ4v) is 2.20. The van der Waals surface area contributed by atoms with Crippen molar-refractivity contribution in [3.63, 3.8) is 0 Å². The minimum Gasteiger partial charge on any atom is -0.467 e. The first-order valence-corrected chi connectivity index (χ1v) is 8.78. The summed E-state index contributed by atoms with van der Waals surface area (Å²) in [5, 5.41) is 5.31. The van der Waals surface area contributed by atoms with E-state index in [1.54, 1.807) is 20.8 Å². The molecule has 0 bridgehead atoms. The number of alkyl carbamates (subject to hydrolysis) is 1. The molecule has 0 saturated carbocycles. The molecule has 0 aliphatic carbocycles.